The van der Waals surface area contributed by atoms with Gasteiger partial charge in [-0.25, -0.2) is 4.98 Å². The molecule has 2 aliphatic rings. The Bertz CT molecular complexity index is 1250. The molecule has 0 spiro atoms. The van der Waals surface area contributed by atoms with Crippen molar-refractivity contribution in [1.82, 2.24) is 14.5 Å². The predicted molar refractivity (Wildman–Crippen MR) is 135 cm³/mol. The molecule has 4 heterocycles. The molecule has 6 nitrogen and oxygen atoms in total. The van der Waals surface area contributed by atoms with Crippen LogP contribution in [0.25, 0.3) is 21.5 Å². The maximum absolute atomic E-state index is 13.8. The van der Waals surface area contributed by atoms with Crippen molar-refractivity contribution < 1.29 is 19.1 Å². The molecule has 1 saturated carbocycles. The fourth-order valence-electron chi connectivity index (χ4n) is 6.46. The standard InChI is InChI=1S/C27H32FN3O3S/c1-16(13-24(32)31-12-4-6-18-17(14-25(33)34)5-3-7-21(18)31)20-15-30(2)27-26(20)19(10-11-29-27)22-8-9-23(28)35-22/h8-11,15-18,21H,3-7,12-14H2,1-2H3,(H,33,34). The van der Waals surface area contributed by atoms with Gasteiger partial charge in [-0.1, -0.05) is 13.3 Å². The van der Waals surface area contributed by atoms with Gasteiger partial charge in [0, 0.05) is 60.7 Å². The van der Waals surface area contributed by atoms with Crippen LogP contribution < -0.4 is 0 Å². The SMILES string of the molecule is CC(CC(=O)N1CCCC2C(CC(=O)O)CCCC21)c1cn(C)c2nccc(-c3ccc(F)s3)c12. The van der Waals surface area contributed by atoms with E-state index >= 15 is 0 Å². The molecule has 1 aliphatic heterocycles. The van der Waals surface area contributed by atoms with Gasteiger partial charge in [0.1, 0.15) is 5.65 Å². The van der Waals surface area contributed by atoms with Crippen molar-refractivity contribution in [2.24, 2.45) is 18.9 Å². The highest BCUT2D eigenvalue weighted by atomic mass is 32.1. The molecule has 8 heteroatoms. The number of fused-ring (bicyclic) bond motifs is 2. The molecule has 5 rings (SSSR count). The van der Waals surface area contributed by atoms with Gasteiger partial charge in [-0.2, -0.15) is 4.39 Å². The number of nitrogens with zero attached hydrogens (tertiary/aromatic N) is 3. The number of rotatable bonds is 6. The fourth-order valence-corrected chi connectivity index (χ4v) is 7.22. The van der Waals surface area contributed by atoms with Crippen LogP contribution in [0.2, 0.25) is 0 Å². The average Bonchev–Trinajstić information content (AvgIpc) is 3.42. The molecular weight excluding hydrogens is 465 g/mol. The van der Waals surface area contributed by atoms with E-state index in [0.717, 1.165) is 77.0 Å². The first-order valence-corrected chi connectivity index (χ1v) is 13.4. The highest BCUT2D eigenvalue weighted by Crippen LogP contribution is 2.42. The summed E-state index contributed by atoms with van der Waals surface area (Å²) in [6, 6.07) is 5.36. The molecule has 2 fully saturated rings. The number of pyridine rings is 1. The Kier molecular flexibility index (Phi) is 6.66. The molecule has 1 amide bonds. The number of hydrogen-bond donors (Lipinski definition) is 1. The summed E-state index contributed by atoms with van der Waals surface area (Å²) in [6.45, 7) is 2.83. The number of carboxylic acids is 1. The normalized spacial score (nSPS) is 23.3. The summed E-state index contributed by atoms with van der Waals surface area (Å²) >= 11 is 1.12. The first kappa shape index (κ1) is 24.0. The quantitative estimate of drug-likeness (QED) is 0.466. The summed E-state index contributed by atoms with van der Waals surface area (Å²) in [5.41, 5.74) is 2.82. The molecule has 0 radical (unpaired) electrons. The monoisotopic (exact) mass is 497 g/mol. The van der Waals surface area contributed by atoms with Gasteiger partial charge in [-0.05, 0) is 67.2 Å². The topological polar surface area (TPSA) is 75.4 Å². The summed E-state index contributed by atoms with van der Waals surface area (Å²) < 4.78 is 15.8. The van der Waals surface area contributed by atoms with E-state index in [1.165, 1.54) is 6.07 Å². The molecule has 3 aromatic heterocycles. The number of carbonyl (C=O) groups is 2. The Morgan fingerprint density at radius 1 is 1.23 bits per heavy atom. The Morgan fingerprint density at radius 2 is 2.06 bits per heavy atom. The molecule has 4 unspecified atom stereocenters. The second kappa shape index (κ2) is 9.72. The predicted octanol–water partition coefficient (Wildman–Crippen LogP) is 5.82. The molecule has 0 bridgehead atoms. The molecule has 1 aliphatic carbocycles. The number of halogens is 1. The molecule has 1 saturated heterocycles. The molecule has 0 aromatic carbocycles. The largest absolute Gasteiger partial charge is 0.481 e. The number of amides is 1. The molecule has 186 valence electrons. The number of thiophene rings is 1. The van der Waals surface area contributed by atoms with Gasteiger partial charge in [-0.15, -0.1) is 11.3 Å². The number of carbonyl (C=O) groups excluding carboxylic acids is 1. The number of aliphatic carboxylic acids is 1. The van der Waals surface area contributed by atoms with E-state index in [2.05, 4.69) is 16.8 Å². The number of aryl methyl sites for hydroxylation is 1. The number of likely N-dealkylation sites (tertiary alicyclic amines) is 1. The van der Waals surface area contributed by atoms with Gasteiger partial charge in [0.15, 0.2) is 5.13 Å². The van der Waals surface area contributed by atoms with Crippen molar-refractivity contribution in [3.8, 4) is 10.4 Å². The number of aromatic nitrogens is 2. The first-order valence-electron chi connectivity index (χ1n) is 12.5. The zero-order chi connectivity index (χ0) is 24.7. The van der Waals surface area contributed by atoms with Gasteiger partial charge in [0.05, 0.1) is 0 Å². The van der Waals surface area contributed by atoms with E-state index in [0.29, 0.717) is 6.42 Å². The second-order valence-electron chi connectivity index (χ2n) is 10.2. The lowest BCUT2D eigenvalue weighted by Crippen LogP contribution is -2.52. The number of piperidine rings is 1. The maximum Gasteiger partial charge on any atom is 0.303 e. The van der Waals surface area contributed by atoms with Crippen LogP contribution in [0, 0.1) is 17.0 Å². The van der Waals surface area contributed by atoms with Gasteiger partial charge < -0.3 is 14.6 Å². The van der Waals surface area contributed by atoms with Crippen LogP contribution in [0.3, 0.4) is 0 Å². The van der Waals surface area contributed by atoms with E-state index in [4.69, 9.17) is 0 Å². The lowest BCUT2D eigenvalue weighted by atomic mass is 9.70. The Hall–Kier alpha value is -2.74. The van der Waals surface area contributed by atoms with Gasteiger partial charge >= 0.3 is 5.97 Å². The van der Waals surface area contributed by atoms with Crippen LogP contribution in [-0.4, -0.2) is 44.0 Å². The minimum Gasteiger partial charge on any atom is -0.481 e. The molecular formula is C27H32FN3O3S. The van der Waals surface area contributed by atoms with E-state index < -0.39 is 5.97 Å². The Morgan fingerprint density at radius 3 is 2.80 bits per heavy atom. The van der Waals surface area contributed by atoms with Crippen molar-refractivity contribution in [3.63, 3.8) is 0 Å². The zero-order valence-corrected chi connectivity index (χ0v) is 21.1. The van der Waals surface area contributed by atoms with Crippen molar-refractivity contribution in [3.05, 3.63) is 41.3 Å². The summed E-state index contributed by atoms with van der Waals surface area (Å²) in [6.07, 6.45) is 9.22. The summed E-state index contributed by atoms with van der Waals surface area (Å²) in [7, 11) is 1.95. The van der Waals surface area contributed by atoms with Crippen LogP contribution in [0.1, 0.15) is 63.4 Å². The number of hydrogen-bond acceptors (Lipinski definition) is 4. The van der Waals surface area contributed by atoms with Gasteiger partial charge in [0.2, 0.25) is 5.91 Å². The van der Waals surface area contributed by atoms with Crippen LogP contribution in [-0.2, 0) is 16.6 Å². The molecule has 3 aromatic rings. The second-order valence-corrected chi connectivity index (χ2v) is 11.2. The lowest BCUT2D eigenvalue weighted by Gasteiger charge is -2.47. The van der Waals surface area contributed by atoms with Crippen molar-refractivity contribution in [1.29, 1.82) is 0 Å². The Balaban J connectivity index is 1.40. The fraction of sp³-hybridized carbons (Fsp3) is 0.519. The average molecular weight is 498 g/mol. The van der Waals surface area contributed by atoms with Crippen molar-refractivity contribution >= 4 is 34.2 Å². The molecule has 35 heavy (non-hydrogen) atoms. The number of carboxylic acid groups (broad SMARTS) is 1. The van der Waals surface area contributed by atoms with Crippen molar-refractivity contribution in [2.75, 3.05) is 6.54 Å². The van der Waals surface area contributed by atoms with E-state index in [1.807, 2.05) is 23.9 Å². The third-order valence-electron chi connectivity index (χ3n) is 8.01. The molecule has 4 atom stereocenters. The van der Waals surface area contributed by atoms with E-state index in [-0.39, 0.29) is 41.3 Å². The zero-order valence-electron chi connectivity index (χ0n) is 20.2. The van der Waals surface area contributed by atoms with E-state index in [1.54, 1.807) is 12.3 Å². The summed E-state index contributed by atoms with van der Waals surface area (Å²) in [5, 5.41) is 10.1. The summed E-state index contributed by atoms with van der Waals surface area (Å²) in [4.78, 5) is 32.5. The van der Waals surface area contributed by atoms with E-state index in [9.17, 15) is 19.1 Å². The third-order valence-corrected chi connectivity index (χ3v) is 8.91. The highest BCUT2D eigenvalue weighted by molar-refractivity contribution is 7.14. The van der Waals surface area contributed by atoms with Crippen LogP contribution in [0.4, 0.5) is 4.39 Å². The van der Waals surface area contributed by atoms with Crippen LogP contribution >= 0.6 is 11.3 Å². The smallest absolute Gasteiger partial charge is 0.303 e. The summed E-state index contributed by atoms with van der Waals surface area (Å²) in [5.74, 6) is -0.170. The maximum atomic E-state index is 13.8. The lowest BCUT2D eigenvalue weighted by molar-refractivity contribution is -0.142. The Labute approximate surface area is 208 Å². The third kappa shape index (κ3) is 4.60. The highest BCUT2D eigenvalue weighted by Gasteiger charge is 2.41. The van der Waals surface area contributed by atoms with Gasteiger partial charge in [0.25, 0.3) is 0 Å². The first-order chi connectivity index (χ1) is 16.8. The van der Waals surface area contributed by atoms with Crippen LogP contribution in [0.5, 0.6) is 0 Å². The minimum absolute atomic E-state index is 0.0299. The minimum atomic E-state index is -0.737. The van der Waals surface area contributed by atoms with Crippen LogP contribution in [0.15, 0.2) is 30.6 Å². The van der Waals surface area contributed by atoms with Gasteiger partial charge in [-0.3, -0.25) is 9.59 Å². The van der Waals surface area contributed by atoms with Crippen molar-refractivity contribution in [2.45, 2.75) is 63.8 Å². The molecule has 1 N–H and O–H groups in total.